The van der Waals surface area contributed by atoms with E-state index in [1.807, 2.05) is 19.1 Å². The van der Waals surface area contributed by atoms with Crippen molar-refractivity contribution in [2.45, 2.75) is 31.7 Å². The number of pyridine rings is 1. The second-order valence-corrected chi connectivity index (χ2v) is 4.30. The molecule has 1 aliphatic rings. The van der Waals surface area contributed by atoms with Gasteiger partial charge in [-0.2, -0.15) is 4.98 Å². The van der Waals surface area contributed by atoms with Crippen molar-refractivity contribution in [2.75, 3.05) is 0 Å². The molecule has 0 amide bonds. The molecule has 0 aliphatic heterocycles. The molecule has 78 valence electrons. The molecular weight excluding hydrogens is 190 g/mol. The van der Waals surface area contributed by atoms with Gasteiger partial charge in [0.25, 0.3) is 0 Å². The molecule has 0 radical (unpaired) electrons. The summed E-state index contributed by atoms with van der Waals surface area (Å²) >= 11 is 0. The monoisotopic (exact) mass is 203 g/mol. The Morgan fingerprint density at radius 1 is 1.33 bits per heavy atom. The smallest absolute Gasteiger partial charge is 0.217 e. The summed E-state index contributed by atoms with van der Waals surface area (Å²) in [5.41, 5.74) is 8.15. The lowest BCUT2D eigenvalue weighted by Gasteiger charge is -2.34. The quantitative estimate of drug-likeness (QED) is 0.768. The van der Waals surface area contributed by atoms with Gasteiger partial charge in [-0.25, -0.2) is 4.98 Å². The van der Waals surface area contributed by atoms with Crippen molar-refractivity contribution in [1.29, 1.82) is 0 Å². The van der Waals surface area contributed by atoms with E-state index in [4.69, 9.17) is 10.2 Å². The zero-order valence-corrected chi connectivity index (χ0v) is 8.66. The minimum Gasteiger partial charge on any atom is -0.437 e. The Labute approximate surface area is 87.5 Å². The number of fused-ring (bicyclic) bond motifs is 1. The van der Waals surface area contributed by atoms with Gasteiger partial charge in [-0.1, -0.05) is 0 Å². The molecule has 4 heteroatoms. The number of aryl methyl sites for hydroxylation is 1. The number of oxazole rings is 1. The third-order valence-electron chi connectivity index (χ3n) is 3.06. The molecule has 4 nitrogen and oxygen atoms in total. The van der Waals surface area contributed by atoms with E-state index in [0.717, 1.165) is 30.5 Å². The van der Waals surface area contributed by atoms with Crippen LogP contribution in [0, 0.1) is 6.92 Å². The van der Waals surface area contributed by atoms with Gasteiger partial charge in [-0.05, 0) is 38.3 Å². The highest BCUT2D eigenvalue weighted by Crippen LogP contribution is 2.38. The molecule has 1 aliphatic carbocycles. The minimum atomic E-state index is -0.339. The van der Waals surface area contributed by atoms with Crippen LogP contribution in [0.15, 0.2) is 16.5 Å². The van der Waals surface area contributed by atoms with E-state index in [2.05, 4.69) is 9.97 Å². The van der Waals surface area contributed by atoms with Crippen LogP contribution in [0.2, 0.25) is 0 Å². The lowest BCUT2D eigenvalue weighted by Crippen LogP contribution is -2.43. The molecule has 0 aromatic carbocycles. The molecule has 2 N–H and O–H groups in total. The highest BCUT2D eigenvalue weighted by atomic mass is 16.4. The maximum Gasteiger partial charge on any atom is 0.217 e. The van der Waals surface area contributed by atoms with Crippen LogP contribution < -0.4 is 5.73 Å². The average molecular weight is 203 g/mol. The molecule has 0 unspecified atom stereocenters. The van der Waals surface area contributed by atoms with Crippen molar-refractivity contribution < 1.29 is 4.42 Å². The van der Waals surface area contributed by atoms with Crippen LogP contribution >= 0.6 is 0 Å². The van der Waals surface area contributed by atoms with Gasteiger partial charge in [0.15, 0.2) is 11.2 Å². The highest BCUT2D eigenvalue weighted by Gasteiger charge is 2.39. The molecule has 3 rings (SSSR count). The molecule has 0 spiro atoms. The summed E-state index contributed by atoms with van der Waals surface area (Å²) < 4.78 is 5.63. The second kappa shape index (κ2) is 2.79. The largest absolute Gasteiger partial charge is 0.437 e. The first kappa shape index (κ1) is 8.85. The SMILES string of the molecule is Cc1ccc2oc(C3(N)CCC3)nc2n1. The van der Waals surface area contributed by atoms with Crippen LogP contribution in [0.4, 0.5) is 0 Å². The number of nitrogens with two attached hydrogens (primary N) is 1. The fourth-order valence-corrected chi connectivity index (χ4v) is 1.90. The zero-order valence-electron chi connectivity index (χ0n) is 8.66. The van der Waals surface area contributed by atoms with Gasteiger partial charge in [-0.3, -0.25) is 0 Å². The van der Waals surface area contributed by atoms with Crippen molar-refractivity contribution in [3.8, 4) is 0 Å². The van der Waals surface area contributed by atoms with Crippen LogP contribution in [-0.2, 0) is 5.54 Å². The Morgan fingerprint density at radius 3 is 2.80 bits per heavy atom. The molecule has 1 saturated carbocycles. The van der Waals surface area contributed by atoms with E-state index >= 15 is 0 Å². The highest BCUT2D eigenvalue weighted by molar-refractivity contribution is 5.67. The summed E-state index contributed by atoms with van der Waals surface area (Å²) in [6.07, 6.45) is 3.07. The summed E-state index contributed by atoms with van der Waals surface area (Å²) in [6, 6.07) is 3.82. The molecule has 2 heterocycles. The molecule has 2 aromatic rings. The molecule has 2 aromatic heterocycles. The first-order valence-electron chi connectivity index (χ1n) is 5.21. The van der Waals surface area contributed by atoms with Gasteiger partial charge in [0, 0.05) is 5.69 Å². The van der Waals surface area contributed by atoms with Crippen molar-refractivity contribution in [2.24, 2.45) is 5.73 Å². The van der Waals surface area contributed by atoms with Crippen molar-refractivity contribution in [3.05, 3.63) is 23.7 Å². The number of hydrogen-bond acceptors (Lipinski definition) is 4. The van der Waals surface area contributed by atoms with E-state index < -0.39 is 0 Å². The van der Waals surface area contributed by atoms with Crippen molar-refractivity contribution >= 4 is 11.2 Å². The van der Waals surface area contributed by atoms with Gasteiger partial charge >= 0.3 is 0 Å². The summed E-state index contributed by atoms with van der Waals surface area (Å²) in [5, 5.41) is 0. The van der Waals surface area contributed by atoms with Crippen LogP contribution in [0.3, 0.4) is 0 Å². The summed E-state index contributed by atoms with van der Waals surface area (Å²) in [6.45, 7) is 1.94. The third-order valence-corrected chi connectivity index (χ3v) is 3.06. The predicted octanol–water partition coefficient (Wildman–Crippen LogP) is 1.87. The Balaban J connectivity index is 2.14. The average Bonchev–Trinajstić information content (AvgIpc) is 2.57. The zero-order chi connectivity index (χ0) is 10.5. The summed E-state index contributed by atoms with van der Waals surface area (Å²) in [4.78, 5) is 8.67. The van der Waals surface area contributed by atoms with Crippen molar-refractivity contribution in [3.63, 3.8) is 0 Å². The summed E-state index contributed by atoms with van der Waals surface area (Å²) in [5.74, 6) is 0.641. The van der Waals surface area contributed by atoms with Crippen LogP contribution in [0.25, 0.3) is 11.2 Å². The van der Waals surface area contributed by atoms with E-state index in [-0.39, 0.29) is 5.54 Å². The first-order valence-corrected chi connectivity index (χ1v) is 5.21. The second-order valence-electron chi connectivity index (χ2n) is 4.30. The van der Waals surface area contributed by atoms with Gasteiger partial charge in [0.1, 0.15) is 0 Å². The fraction of sp³-hybridized carbons (Fsp3) is 0.455. The Hall–Kier alpha value is -1.42. The molecule has 0 atom stereocenters. The van der Waals surface area contributed by atoms with E-state index in [9.17, 15) is 0 Å². The number of aromatic nitrogens is 2. The topological polar surface area (TPSA) is 64.9 Å². The maximum absolute atomic E-state index is 6.14. The lowest BCUT2D eigenvalue weighted by molar-refractivity contribution is 0.203. The third kappa shape index (κ3) is 1.25. The van der Waals surface area contributed by atoms with Crippen LogP contribution in [0.5, 0.6) is 0 Å². The first-order chi connectivity index (χ1) is 7.17. The van der Waals surface area contributed by atoms with Gasteiger partial charge in [0.05, 0.1) is 5.54 Å². The molecule has 1 fully saturated rings. The van der Waals surface area contributed by atoms with Gasteiger partial charge in [-0.15, -0.1) is 0 Å². The normalized spacial score (nSPS) is 19.1. The lowest BCUT2D eigenvalue weighted by atomic mass is 9.78. The number of hydrogen-bond donors (Lipinski definition) is 1. The number of rotatable bonds is 1. The predicted molar refractivity (Wildman–Crippen MR) is 56.3 cm³/mol. The van der Waals surface area contributed by atoms with Gasteiger partial charge < -0.3 is 10.2 Å². The van der Waals surface area contributed by atoms with E-state index in [1.54, 1.807) is 0 Å². The molecule has 0 saturated heterocycles. The van der Waals surface area contributed by atoms with E-state index in [1.165, 1.54) is 0 Å². The van der Waals surface area contributed by atoms with Crippen LogP contribution in [0.1, 0.15) is 30.8 Å². The Bertz CT molecular complexity index is 514. The standard InChI is InChI=1S/C11H13N3O/c1-7-3-4-8-9(13-7)14-10(15-8)11(12)5-2-6-11/h3-4H,2,5-6,12H2,1H3. The van der Waals surface area contributed by atoms with E-state index in [0.29, 0.717) is 11.5 Å². The van der Waals surface area contributed by atoms with Gasteiger partial charge in [0.2, 0.25) is 5.89 Å². The molecule has 0 bridgehead atoms. The summed E-state index contributed by atoms with van der Waals surface area (Å²) in [7, 11) is 0. The fourth-order valence-electron chi connectivity index (χ4n) is 1.90. The Morgan fingerprint density at radius 2 is 2.13 bits per heavy atom. The van der Waals surface area contributed by atoms with Crippen molar-refractivity contribution in [1.82, 2.24) is 9.97 Å². The number of nitrogens with zero attached hydrogens (tertiary/aromatic N) is 2. The molecular formula is C11H13N3O. The Kier molecular flexibility index (Phi) is 1.65. The maximum atomic E-state index is 6.14. The van der Waals surface area contributed by atoms with Crippen LogP contribution in [-0.4, -0.2) is 9.97 Å². The molecule has 15 heavy (non-hydrogen) atoms. The minimum absolute atomic E-state index is 0.339.